The first-order valence-corrected chi connectivity index (χ1v) is 7.90. The number of aromatic nitrogens is 2. The molecule has 104 valence electrons. The molecular formula is C13H23BrClN3. The molecule has 1 rings (SSSR count). The molecule has 2 unspecified atom stereocenters. The Morgan fingerprint density at radius 2 is 2.06 bits per heavy atom. The first-order valence-electron chi connectivity index (χ1n) is 6.61. The number of alkyl halides is 1. The van der Waals surface area contributed by atoms with Crippen LogP contribution in [0.15, 0.2) is 0 Å². The average Bonchev–Trinajstić information content (AvgIpc) is 2.62. The summed E-state index contributed by atoms with van der Waals surface area (Å²) in [6.45, 7) is 10.2. The van der Waals surface area contributed by atoms with Crippen LogP contribution in [0.25, 0.3) is 0 Å². The molecule has 1 aromatic heterocycles. The van der Waals surface area contributed by atoms with Gasteiger partial charge in [0.05, 0.1) is 16.4 Å². The molecule has 1 N–H and O–H groups in total. The number of rotatable bonds is 7. The van der Waals surface area contributed by atoms with Crippen molar-refractivity contribution in [3.05, 3.63) is 16.4 Å². The lowest BCUT2D eigenvalue weighted by Gasteiger charge is -2.15. The van der Waals surface area contributed by atoms with Crippen LogP contribution in [0.3, 0.4) is 0 Å². The fourth-order valence-electron chi connectivity index (χ4n) is 2.03. The van der Waals surface area contributed by atoms with Gasteiger partial charge < -0.3 is 5.32 Å². The van der Waals surface area contributed by atoms with E-state index < -0.39 is 0 Å². The molecule has 0 aliphatic heterocycles. The van der Waals surface area contributed by atoms with Crippen molar-refractivity contribution in [1.82, 2.24) is 15.1 Å². The highest BCUT2D eigenvalue weighted by atomic mass is 79.9. The molecule has 0 amide bonds. The first-order chi connectivity index (χ1) is 8.49. The van der Waals surface area contributed by atoms with Crippen molar-refractivity contribution in [3.8, 4) is 0 Å². The van der Waals surface area contributed by atoms with Crippen LogP contribution in [-0.4, -0.2) is 20.6 Å². The number of aryl methyl sites for hydroxylation is 2. The largest absolute Gasteiger partial charge is 0.309 e. The molecule has 0 bridgehead atoms. The van der Waals surface area contributed by atoms with E-state index in [0.717, 1.165) is 42.3 Å². The van der Waals surface area contributed by atoms with E-state index in [1.807, 2.05) is 4.68 Å². The second-order valence-electron chi connectivity index (χ2n) is 4.68. The van der Waals surface area contributed by atoms with Gasteiger partial charge in [0.1, 0.15) is 0 Å². The lowest BCUT2D eigenvalue weighted by atomic mass is 10.2. The van der Waals surface area contributed by atoms with E-state index in [4.69, 9.17) is 11.6 Å². The van der Waals surface area contributed by atoms with Gasteiger partial charge in [-0.15, -0.1) is 0 Å². The van der Waals surface area contributed by atoms with Crippen molar-refractivity contribution in [2.75, 3.05) is 0 Å². The summed E-state index contributed by atoms with van der Waals surface area (Å²) < 4.78 is 2.00. The van der Waals surface area contributed by atoms with E-state index >= 15 is 0 Å². The van der Waals surface area contributed by atoms with E-state index in [-0.39, 0.29) is 0 Å². The Hall–Kier alpha value is -0.0600. The summed E-state index contributed by atoms with van der Waals surface area (Å²) in [5, 5.41) is 8.85. The SMILES string of the molecule is CCc1nn(CC)c(CNC(C)CC(C)Br)c1Cl. The van der Waals surface area contributed by atoms with Gasteiger partial charge in [-0.3, -0.25) is 4.68 Å². The molecule has 0 saturated carbocycles. The van der Waals surface area contributed by atoms with Crippen LogP contribution in [0.1, 0.15) is 45.5 Å². The number of nitrogens with zero attached hydrogens (tertiary/aromatic N) is 2. The highest BCUT2D eigenvalue weighted by Crippen LogP contribution is 2.21. The molecule has 0 radical (unpaired) electrons. The van der Waals surface area contributed by atoms with Crippen LogP contribution in [0.5, 0.6) is 0 Å². The van der Waals surface area contributed by atoms with E-state index in [2.05, 4.69) is 54.0 Å². The van der Waals surface area contributed by atoms with E-state index in [1.54, 1.807) is 0 Å². The Kier molecular flexibility index (Phi) is 6.67. The highest BCUT2D eigenvalue weighted by molar-refractivity contribution is 9.09. The lowest BCUT2D eigenvalue weighted by molar-refractivity contribution is 0.493. The zero-order valence-electron chi connectivity index (χ0n) is 11.6. The maximum atomic E-state index is 6.36. The van der Waals surface area contributed by atoms with E-state index in [9.17, 15) is 0 Å². The third-order valence-electron chi connectivity index (χ3n) is 2.99. The Balaban J connectivity index is 2.69. The average molecular weight is 337 g/mol. The zero-order chi connectivity index (χ0) is 13.7. The topological polar surface area (TPSA) is 29.9 Å². The summed E-state index contributed by atoms with van der Waals surface area (Å²) in [5.74, 6) is 0. The molecule has 5 heteroatoms. The van der Waals surface area contributed by atoms with Crippen LogP contribution in [0.2, 0.25) is 5.02 Å². The number of hydrogen-bond donors (Lipinski definition) is 1. The van der Waals surface area contributed by atoms with Crippen LogP contribution in [-0.2, 0) is 19.5 Å². The second kappa shape index (κ2) is 7.51. The molecule has 3 nitrogen and oxygen atoms in total. The molecule has 0 aromatic carbocycles. The molecule has 1 aromatic rings. The minimum absolute atomic E-state index is 0.459. The van der Waals surface area contributed by atoms with Crippen LogP contribution in [0, 0.1) is 0 Å². The summed E-state index contributed by atoms with van der Waals surface area (Å²) in [7, 11) is 0. The molecule has 0 aliphatic rings. The maximum Gasteiger partial charge on any atom is 0.0863 e. The molecule has 18 heavy (non-hydrogen) atoms. The zero-order valence-corrected chi connectivity index (χ0v) is 14.0. The number of hydrogen-bond acceptors (Lipinski definition) is 2. The number of nitrogens with one attached hydrogen (secondary N) is 1. The Labute approximate surface area is 123 Å². The third kappa shape index (κ3) is 4.25. The number of halogens is 2. The quantitative estimate of drug-likeness (QED) is 0.768. The highest BCUT2D eigenvalue weighted by Gasteiger charge is 2.15. The summed E-state index contributed by atoms with van der Waals surface area (Å²) in [6, 6.07) is 0.459. The summed E-state index contributed by atoms with van der Waals surface area (Å²) in [4.78, 5) is 0.526. The summed E-state index contributed by atoms with van der Waals surface area (Å²) >= 11 is 9.94. The van der Waals surface area contributed by atoms with Gasteiger partial charge in [-0.25, -0.2) is 0 Å². The lowest BCUT2D eigenvalue weighted by Crippen LogP contribution is -2.28. The van der Waals surface area contributed by atoms with Gasteiger partial charge in [-0.1, -0.05) is 41.4 Å². The second-order valence-corrected chi connectivity index (χ2v) is 6.62. The molecule has 0 spiro atoms. The van der Waals surface area contributed by atoms with Crippen molar-refractivity contribution < 1.29 is 0 Å². The van der Waals surface area contributed by atoms with Gasteiger partial charge in [-0.05, 0) is 26.7 Å². The minimum Gasteiger partial charge on any atom is -0.309 e. The van der Waals surface area contributed by atoms with Gasteiger partial charge in [0, 0.05) is 24.0 Å². The van der Waals surface area contributed by atoms with E-state index in [1.165, 1.54) is 0 Å². The third-order valence-corrected chi connectivity index (χ3v) is 3.80. The van der Waals surface area contributed by atoms with Gasteiger partial charge in [0.15, 0.2) is 0 Å². The molecule has 0 aliphatic carbocycles. The molecular weight excluding hydrogens is 314 g/mol. The van der Waals surface area contributed by atoms with Gasteiger partial charge in [0.25, 0.3) is 0 Å². The molecule has 0 fully saturated rings. The molecule has 0 saturated heterocycles. The predicted molar refractivity (Wildman–Crippen MR) is 81.6 cm³/mol. The van der Waals surface area contributed by atoms with Crippen LogP contribution < -0.4 is 5.32 Å². The smallest absolute Gasteiger partial charge is 0.0863 e. The summed E-state index contributed by atoms with van der Waals surface area (Å²) in [6.07, 6.45) is 1.98. The summed E-state index contributed by atoms with van der Waals surface area (Å²) in [5.41, 5.74) is 2.10. The normalized spacial score (nSPS) is 14.8. The minimum atomic E-state index is 0.459. The predicted octanol–water partition coefficient (Wildman–Crippen LogP) is 3.77. The van der Waals surface area contributed by atoms with Crippen molar-refractivity contribution in [2.24, 2.45) is 0 Å². The fraction of sp³-hybridized carbons (Fsp3) is 0.769. The van der Waals surface area contributed by atoms with Crippen molar-refractivity contribution in [2.45, 2.75) is 64.5 Å². The molecule has 1 heterocycles. The standard InChI is InChI=1S/C13H23BrClN3/c1-5-11-13(15)12(18(6-2)17-11)8-16-10(4)7-9(3)14/h9-10,16H,5-8H2,1-4H3. The van der Waals surface area contributed by atoms with Crippen molar-refractivity contribution in [1.29, 1.82) is 0 Å². The fourth-order valence-corrected chi connectivity index (χ4v) is 2.92. The van der Waals surface area contributed by atoms with Crippen LogP contribution >= 0.6 is 27.5 Å². The Bertz CT molecular complexity index is 377. The van der Waals surface area contributed by atoms with Crippen LogP contribution in [0.4, 0.5) is 0 Å². The Morgan fingerprint density at radius 1 is 1.39 bits per heavy atom. The van der Waals surface area contributed by atoms with Crippen molar-refractivity contribution in [3.63, 3.8) is 0 Å². The first kappa shape index (κ1) is 16.0. The molecule has 2 atom stereocenters. The maximum absolute atomic E-state index is 6.36. The van der Waals surface area contributed by atoms with Gasteiger partial charge >= 0.3 is 0 Å². The Morgan fingerprint density at radius 3 is 2.56 bits per heavy atom. The van der Waals surface area contributed by atoms with Gasteiger partial charge in [-0.2, -0.15) is 5.10 Å². The monoisotopic (exact) mass is 335 g/mol. The van der Waals surface area contributed by atoms with E-state index in [0.29, 0.717) is 10.9 Å². The van der Waals surface area contributed by atoms with Crippen molar-refractivity contribution >= 4 is 27.5 Å². The van der Waals surface area contributed by atoms with Gasteiger partial charge in [0.2, 0.25) is 0 Å².